The fraction of sp³-hybridized carbons (Fsp3) is 0.625. The summed E-state index contributed by atoms with van der Waals surface area (Å²) in [5.74, 6) is 3.21. The molecule has 2 aliphatic carbocycles. The molecule has 3 rings (SSSR count). The molecule has 3 heteroatoms. The van der Waals surface area contributed by atoms with Crippen LogP contribution in [0.15, 0.2) is 24.3 Å². The van der Waals surface area contributed by atoms with E-state index in [1.54, 1.807) is 7.11 Å². The van der Waals surface area contributed by atoms with E-state index in [9.17, 15) is 0 Å². The van der Waals surface area contributed by atoms with Gasteiger partial charge in [-0.3, -0.25) is 0 Å². The summed E-state index contributed by atoms with van der Waals surface area (Å²) in [6.07, 6.45) is 6.18. The summed E-state index contributed by atoms with van der Waals surface area (Å²) < 4.78 is 11.1. The molecule has 3 atom stereocenters. The summed E-state index contributed by atoms with van der Waals surface area (Å²) in [6, 6.07) is 7.79. The number of hydrogen-bond donors (Lipinski definition) is 1. The summed E-state index contributed by atoms with van der Waals surface area (Å²) in [7, 11) is 1.67. The Kier molecular flexibility index (Phi) is 3.40. The van der Waals surface area contributed by atoms with Gasteiger partial charge < -0.3 is 15.2 Å². The van der Waals surface area contributed by atoms with Crippen molar-refractivity contribution < 1.29 is 9.47 Å². The van der Waals surface area contributed by atoms with E-state index in [4.69, 9.17) is 15.2 Å². The maximum Gasteiger partial charge on any atom is 0.161 e. The monoisotopic (exact) mass is 261 g/mol. The summed E-state index contributed by atoms with van der Waals surface area (Å²) in [5, 5.41) is 0. The average Bonchev–Trinajstić information content (AvgIpc) is 2.99. The van der Waals surface area contributed by atoms with Gasteiger partial charge in [0.15, 0.2) is 11.5 Å². The van der Waals surface area contributed by atoms with Gasteiger partial charge >= 0.3 is 0 Å². The Labute approximate surface area is 115 Å². The van der Waals surface area contributed by atoms with Crippen LogP contribution in [0, 0.1) is 11.8 Å². The molecular weight excluding hydrogens is 238 g/mol. The molecule has 0 spiro atoms. The minimum atomic E-state index is 0.0188. The molecule has 0 radical (unpaired) electrons. The van der Waals surface area contributed by atoms with Gasteiger partial charge in [0.2, 0.25) is 0 Å². The summed E-state index contributed by atoms with van der Waals surface area (Å²) in [4.78, 5) is 0. The van der Waals surface area contributed by atoms with Crippen molar-refractivity contribution in [3.05, 3.63) is 24.3 Å². The molecule has 2 fully saturated rings. The van der Waals surface area contributed by atoms with E-state index < -0.39 is 0 Å². The minimum absolute atomic E-state index is 0.0188. The predicted molar refractivity (Wildman–Crippen MR) is 75.5 cm³/mol. The lowest BCUT2D eigenvalue weighted by molar-refractivity contribution is 0.196. The highest BCUT2D eigenvalue weighted by Gasteiger charge is 2.48. The van der Waals surface area contributed by atoms with Crippen LogP contribution < -0.4 is 15.2 Å². The molecule has 0 heterocycles. The molecule has 2 N–H and O–H groups in total. The highest BCUT2D eigenvalue weighted by atomic mass is 16.5. The first-order chi connectivity index (χ1) is 9.21. The molecule has 2 bridgehead atoms. The van der Waals surface area contributed by atoms with Gasteiger partial charge in [-0.15, -0.1) is 0 Å². The summed E-state index contributed by atoms with van der Waals surface area (Å²) >= 11 is 0. The number of benzene rings is 1. The van der Waals surface area contributed by atoms with E-state index in [2.05, 4.69) is 0 Å². The molecular formula is C16H23NO2. The molecule has 2 aliphatic rings. The van der Waals surface area contributed by atoms with Crippen LogP contribution in [0.3, 0.4) is 0 Å². The smallest absolute Gasteiger partial charge is 0.161 e. The van der Waals surface area contributed by atoms with Crippen LogP contribution >= 0.6 is 0 Å². The molecule has 19 heavy (non-hydrogen) atoms. The molecule has 0 saturated heterocycles. The third-order valence-electron chi connectivity index (χ3n) is 4.92. The number of methoxy groups -OCH3 is 1. The molecule has 0 aliphatic heterocycles. The van der Waals surface area contributed by atoms with Crippen LogP contribution in [0.4, 0.5) is 0 Å². The SMILES string of the molecule is COc1ccccc1OCCC1(N)CC2CCC1C2. The van der Waals surface area contributed by atoms with Gasteiger partial charge in [-0.25, -0.2) is 0 Å². The first kappa shape index (κ1) is 12.8. The Bertz CT molecular complexity index is 448. The zero-order chi connectivity index (χ0) is 13.3. The van der Waals surface area contributed by atoms with Gasteiger partial charge in [0.25, 0.3) is 0 Å². The van der Waals surface area contributed by atoms with E-state index >= 15 is 0 Å². The Hall–Kier alpha value is -1.22. The molecule has 3 nitrogen and oxygen atoms in total. The lowest BCUT2D eigenvalue weighted by Crippen LogP contribution is -2.46. The van der Waals surface area contributed by atoms with Crippen LogP contribution in [0.5, 0.6) is 11.5 Å². The van der Waals surface area contributed by atoms with Gasteiger partial charge in [0.1, 0.15) is 0 Å². The molecule has 1 aromatic rings. The number of nitrogens with two attached hydrogens (primary N) is 1. The lowest BCUT2D eigenvalue weighted by Gasteiger charge is -2.33. The number of fused-ring (bicyclic) bond motifs is 2. The highest BCUT2D eigenvalue weighted by molar-refractivity contribution is 5.39. The van der Waals surface area contributed by atoms with E-state index in [-0.39, 0.29) is 5.54 Å². The average molecular weight is 261 g/mol. The maximum atomic E-state index is 6.57. The van der Waals surface area contributed by atoms with Crippen molar-refractivity contribution in [2.75, 3.05) is 13.7 Å². The van der Waals surface area contributed by atoms with Crippen molar-refractivity contribution in [1.82, 2.24) is 0 Å². The minimum Gasteiger partial charge on any atom is -0.493 e. The largest absolute Gasteiger partial charge is 0.493 e. The molecule has 1 aromatic carbocycles. The summed E-state index contributed by atoms with van der Waals surface area (Å²) in [5.41, 5.74) is 6.59. The zero-order valence-corrected chi connectivity index (χ0v) is 11.6. The highest BCUT2D eigenvalue weighted by Crippen LogP contribution is 2.50. The topological polar surface area (TPSA) is 44.5 Å². The number of para-hydroxylation sites is 2. The second kappa shape index (κ2) is 5.04. The first-order valence-electron chi connectivity index (χ1n) is 7.26. The van der Waals surface area contributed by atoms with Gasteiger partial charge in [-0.05, 0) is 49.7 Å². The van der Waals surface area contributed by atoms with Gasteiger partial charge in [-0.1, -0.05) is 18.6 Å². The third-order valence-corrected chi connectivity index (χ3v) is 4.92. The Morgan fingerprint density at radius 2 is 2.05 bits per heavy atom. The Morgan fingerprint density at radius 3 is 2.68 bits per heavy atom. The van der Waals surface area contributed by atoms with Crippen molar-refractivity contribution in [3.8, 4) is 11.5 Å². The van der Waals surface area contributed by atoms with Gasteiger partial charge in [-0.2, -0.15) is 0 Å². The Morgan fingerprint density at radius 1 is 1.26 bits per heavy atom. The number of rotatable bonds is 5. The molecule has 2 saturated carbocycles. The van der Waals surface area contributed by atoms with Crippen molar-refractivity contribution in [2.45, 2.75) is 37.6 Å². The van der Waals surface area contributed by atoms with Crippen LogP contribution in [-0.4, -0.2) is 19.3 Å². The molecule has 104 valence electrons. The lowest BCUT2D eigenvalue weighted by atomic mass is 9.80. The van der Waals surface area contributed by atoms with E-state index in [1.807, 2.05) is 24.3 Å². The fourth-order valence-corrected chi connectivity index (χ4v) is 3.88. The second-order valence-corrected chi connectivity index (χ2v) is 6.06. The van der Waals surface area contributed by atoms with E-state index in [1.165, 1.54) is 25.7 Å². The van der Waals surface area contributed by atoms with Crippen molar-refractivity contribution in [1.29, 1.82) is 0 Å². The zero-order valence-electron chi connectivity index (χ0n) is 11.6. The van der Waals surface area contributed by atoms with Crippen LogP contribution in [0.1, 0.15) is 32.1 Å². The van der Waals surface area contributed by atoms with Gasteiger partial charge in [0, 0.05) is 5.54 Å². The molecule has 3 unspecified atom stereocenters. The van der Waals surface area contributed by atoms with Crippen molar-refractivity contribution in [2.24, 2.45) is 17.6 Å². The predicted octanol–water partition coefficient (Wildman–Crippen LogP) is 2.98. The van der Waals surface area contributed by atoms with Crippen LogP contribution in [-0.2, 0) is 0 Å². The van der Waals surface area contributed by atoms with Crippen molar-refractivity contribution in [3.63, 3.8) is 0 Å². The fourth-order valence-electron chi connectivity index (χ4n) is 3.88. The Balaban J connectivity index is 1.56. The van der Waals surface area contributed by atoms with E-state index in [0.717, 1.165) is 29.8 Å². The number of ether oxygens (including phenoxy) is 2. The third kappa shape index (κ3) is 2.44. The first-order valence-corrected chi connectivity index (χ1v) is 7.26. The van der Waals surface area contributed by atoms with Crippen molar-refractivity contribution >= 4 is 0 Å². The van der Waals surface area contributed by atoms with Crippen LogP contribution in [0.25, 0.3) is 0 Å². The summed E-state index contributed by atoms with van der Waals surface area (Å²) in [6.45, 7) is 0.681. The van der Waals surface area contributed by atoms with Gasteiger partial charge in [0.05, 0.1) is 13.7 Å². The van der Waals surface area contributed by atoms with E-state index in [0.29, 0.717) is 6.61 Å². The quantitative estimate of drug-likeness (QED) is 0.886. The molecule has 0 amide bonds. The normalized spacial score (nSPS) is 32.5. The second-order valence-electron chi connectivity index (χ2n) is 6.06. The number of hydrogen-bond acceptors (Lipinski definition) is 3. The van der Waals surface area contributed by atoms with Crippen LogP contribution in [0.2, 0.25) is 0 Å². The maximum absolute atomic E-state index is 6.57. The molecule has 0 aromatic heterocycles. The standard InChI is InChI=1S/C16H23NO2/c1-18-14-4-2-3-5-15(14)19-9-8-16(17)11-12-6-7-13(16)10-12/h2-5,12-13H,6-11,17H2,1H3.